The summed E-state index contributed by atoms with van der Waals surface area (Å²) in [5.41, 5.74) is 2.51. The first-order valence-corrected chi connectivity index (χ1v) is 28.5. The molecular weight excluding hydrogens is 660 g/mol. The molecule has 0 N–H and O–H groups in total. The second-order valence-electron chi connectivity index (χ2n) is 18.4. The van der Waals surface area contributed by atoms with Gasteiger partial charge in [-0.15, -0.1) is 0 Å². The number of hydrogen-bond acceptors (Lipinski definition) is 4. The molecule has 0 aromatic heterocycles. The lowest BCUT2D eigenvalue weighted by Crippen LogP contribution is -2.50. The molecule has 1 aliphatic rings. The monoisotopic (exact) mass is 726 g/mol. The van der Waals surface area contributed by atoms with Gasteiger partial charge in [0.2, 0.25) is 0 Å². The molecule has 4 nitrogen and oxygen atoms in total. The van der Waals surface area contributed by atoms with Crippen LogP contribution < -0.4 is 10.6 Å². The van der Waals surface area contributed by atoms with Gasteiger partial charge in [0.25, 0.3) is 0 Å². The predicted octanol–water partition coefficient (Wildman–Crippen LogP) is 11.4. The molecule has 268 valence electrons. The summed E-state index contributed by atoms with van der Waals surface area (Å²) in [5.74, 6) is 0. The van der Waals surface area contributed by atoms with Crippen LogP contribution in [0.25, 0.3) is 0 Å². The Kier molecular flexibility index (Phi) is 12.9. The van der Waals surface area contributed by atoms with E-state index in [9.17, 15) is 0 Å². The van der Waals surface area contributed by atoms with Crippen molar-refractivity contribution in [1.29, 1.82) is 0 Å². The molecule has 0 bridgehead atoms. The predicted molar refractivity (Wildman–Crippen MR) is 217 cm³/mol. The van der Waals surface area contributed by atoms with E-state index in [0.29, 0.717) is 12.8 Å². The second-order valence-corrected chi connectivity index (χ2v) is 35.6. The van der Waals surface area contributed by atoms with Crippen molar-refractivity contribution < 1.29 is 17.8 Å². The van der Waals surface area contributed by atoms with E-state index in [1.165, 1.54) is 11.1 Å². The average Bonchev–Trinajstić information content (AvgIpc) is 2.96. The first-order valence-electron chi connectivity index (χ1n) is 17.9. The van der Waals surface area contributed by atoms with E-state index in [4.69, 9.17) is 13.3 Å². The van der Waals surface area contributed by atoms with Crippen molar-refractivity contribution >= 4 is 42.7 Å². The van der Waals surface area contributed by atoms with Gasteiger partial charge in [-0.3, -0.25) is 0 Å². The minimum absolute atomic E-state index is 0.0587. The summed E-state index contributed by atoms with van der Waals surface area (Å²) >= 11 is 0. The average molecular weight is 727 g/mol. The maximum atomic E-state index is 15.0. The van der Waals surface area contributed by atoms with Crippen molar-refractivity contribution in [3.63, 3.8) is 0 Å². The van der Waals surface area contributed by atoms with Crippen LogP contribution in [-0.2, 0) is 17.8 Å². The Morgan fingerprint density at radius 2 is 1.00 bits per heavy atom. The molecule has 0 aliphatic heterocycles. The number of allylic oxidation sites excluding steroid dienone is 1. The zero-order valence-corrected chi connectivity index (χ0v) is 36.9. The molecule has 2 atom stereocenters. The Morgan fingerprint density at radius 1 is 0.625 bits per heavy atom. The van der Waals surface area contributed by atoms with E-state index in [-0.39, 0.29) is 27.3 Å². The summed E-state index contributed by atoms with van der Waals surface area (Å²) < 4.78 is 36.4. The van der Waals surface area contributed by atoms with Gasteiger partial charge < -0.3 is 17.8 Å². The van der Waals surface area contributed by atoms with Gasteiger partial charge in [-0.05, 0) is 72.8 Å². The van der Waals surface area contributed by atoms with Crippen molar-refractivity contribution in [2.45, 2.75) is 142 Å². The SMILES string of the molecule is CC(C)(C)[Si](C)(C)OCC=C1C(O[Si](C)(C)C(C)(C)C)C/C(=C\CP(=O)(c2ccccc2)c2ccccc2)C[C@H]1O[Si](C)(C)C(C)(C)C. The van der Waals surface area contributed by atoms with E-state index >= 15 is 4.57 Å². The molecule has 1 unspecified atom stereocenters. The molecule has 2 aromatic carbocycles. The largest absolute Gasteiger partial charge is 0.413 e. The summed E-state index contributed by atoms with van der Waals surface area (Å²) in [6.45, 7) is 35.3. The van der Waals surface area contributed by atoms with Crippen molar-refractivity contribution in [3.05, 3.63) is 84.0 Å². The fraction of sp³-hybridized carbons (Fsp3) is 0.600. The molecule has 1 fully saturated rings. The van der Waals surface area contributed by atoms with Gasteiger partial charge >= 0.3 is 0 Å². The van der Waals surface area contributed by atoms with Crippen LogP contribution in [0.1, 0.15) is 75.2 Å². The summed E-state index contributed by atoms with van der Waals surface area (Å²) in [5, 5.41) is 2.05. The molecule has 3 rings (SSSR count). The third kappa shape index (κ3) is 9.92. The van der Waals surface area contributed by atoms with E-state index in [1.807, 2.05) is 60.7 Å². The number of benzene rings is 2. The lowest BCUT2D eigenvalue weighted by Gasteiger charge is -2.46. The zero-order valence-electron chi connectivity index (χ0n) is 33.0. The molecule has 0 spiro atoms. The molecule has 0 radical (unpaired) electrons. The highest BCUT2D eigenvalue weighted by molar-refractivity contribution is 7.78. The Hall–Kier alpha value is -1.32. The van der Waals surface area contributed by atoms with Crippen molar-refractivity contribution in [2.75, 3.05) is 12.8 Å². The van der Waals surface area contributed by atoms with Gasteiger partial charge in [0.15, 0.2) is 25.0 Å². The van der Waals surface area contributed by atoms with Crippen LogP contribution >= 0.6 is 7.14 Å². The van der Waals surface area contributed by atoms with E-state index < -0.39 is 32.1 Å². The summed E-state index contributed by atoms with van der Waals surface area (Å²) in [4.78, 5) is 0. The Bertz CT molecular complexity index is 1370. The molecule has 48 heavy (non-hydrogen) atoms. The fourth-order valence-electron chi connectivity index (χ4n) is 5.23. The molecule has 8 heteroatoms. The van der Waals surface area contributed by atoms with Crippen LogP contribution in [0.2, 0.25) is 54.4 Å². The standard InChI is InChI=1S/C40H67O4PSi3/c1-38(2,3)46(10,11)42-28-26-35-36(43-47(12,13)39(4,5)6)30-32(31-37(35)44-48(14,15)40(7,8)9)27-29-45(41,33-22-18-16-19-23-33)34-24-20-17-21-25-34/h16-27,36-37H,28-31H2,1-15H3/b32-27-,35-26?/t36-,37?/m1/s1. The van der Waals surface area contributed by atoms with Crippen molar-refractivity contribution in [2.24, 2.45) is 0 Å². The van der Waals surface area contributed by atoms with Crippen LogP contribution in [0.4, 0.5) is 0 Å². The Balaban J connectivity index is 2.14. The van der Waals surface area contributed by atoms with Gasteiger partial charge in [0.1, 0.15) is 7.14 Å². The minimum atomic E-state index is -2.90. The quantitative estimate of drug-likeness (QED) is 0.131. The molecule has 1 saturated carbocycles. The van der Waals surface area contributed by atoms with E-state index in [0.717, 1.165) is 23.5 Å². The first-order chi connectivity index (χ1) is 21.8. The van der Waals surface area contributed by atoms with Gasteiger partial charge in [-0.2, -0.15) is 0 Å². The molecule has 1 aliphatic carbocycles. The van der Waals surface area contributed by atoms with E-state index in [2.05, 4.69) is 114 Å². The smallest absolute Gasteiger partial charge is 0.192 e. The van der Waals surface area contributed by atoms with Gasteiger partial charge in [0, 0.05) is 16.8 Å². The lowest BCUT2D eigenvalue weighted by molar-refractivity contribution is 0.129. The van der Waals surface area contributed by atoms with Crippen molar-refractivity contribution in [3.8, 4) is 0 Å². The fourth-order valence-corrected chi connectivity index (χ4v) is 11.3. The molecule has 0 amide bonds. The normalized spacial score (nSPS) is 20.8. The highest BCUT2D eigenvalue weighted by Gasteiger charge is 2.46. The van der Waals surface area contributed by atoms with Crippen LogP contribution in [0.5, 0.6) is 0 Å². The van der Waals surface area contributed by atoms with Crippen molar-refractivity contribution in [1.82, 2.24) is 0 Å². The molecule has 0 heterocycles. The number of rotatable bonds is 11. The minimum Gasteiger partial charge on any atom is -0.413 e. The number of hydrogen-bond donors (Lipinski definition) is 0. The second kappa shape index (κ2) is 15.1. The van der Waals surface area contributed by atoms with Crippen LogP contribution in [-0.4, -0.2) is 49.9 Å². The van der Waals surface area contributed by atoms with Crippen LogP contribution in [0.15, 0.2) is 84.0 Å². The molecule has 2 aromatic rings. The summed E-state index contributed by atoms with van der Waals surface area (Å²) in [7, 11) is -9.17. The molecule has 0 saturated heterocycles. The maximum Gasteiger partial charge on any atom is 0.192 e. The third-order valence-corrected chi connectivity index (χ3v) is 28.1. The zero-order chi connectivity index (χ0) is 36.4. The summed E-state index contributed by atoms with van der Waals surface area (Å²) in [6.07, 6.45) is 6.38. The summed E-state index contributed by atoms with van der Waals surface area (Å²) in [6, 6.07) is 20.0. The Labute approximate surface area is 297 Å². The lowest BCUT2D eigenvalue weighted by atomic mass is 9.85. The highest BCUT2D eigenvalue weighted by atomic mass is 31.2. The van der Waals surface area contributed by atoms with Gasteiger partial charge in [-0.1, -0.05) is 141 Å². The van der Waals surface area contributed by atoms with Crippen LogP contribution in [0.3, 0.4) is 0 Å². The third-order valence-electron chi connectivity index (χ3n) is 11.7. The highest BCUT2D eigenvalue weighted by Crippen LogP contribution is 2.47. The van der Waals surface area contributed by atoms with Gasteiger partial charge in [-0.25, -0.2) is 0 Å². The maximum absolute atomic E-state index is 15.0. The topological polar surface area (TPSA) is 44.8 Å². The van der Waals surface area contributed by atoms with Gasteiger partial charge in [0.05, 0.1) is 18.8 Å². The first kappa shape index (κ1) is 41.1. The van der Waals surface area contributed by atoms with E-state index in [1.54, 1.807) is 0 Å². The molecular formula is C40H67O4PSi3. The Morgan fingerprint density at radius 3 is 1.35 bits per heavy atom. The van der Waals surface area contributed by atoms with Crippen LogP contribution in [0, 0.1) is 0 Å².